The number of hydrogen-bond donors (Lipinski definition) is 1. The number of alkyl halides is 3. The SMILES string of the molecule is COc1nc(N2CCC3(CCN(Cc4ccc5c(c4)NC(=O)C5)C3)C2)c2cc(CC(F)(F)F)sc2n1. The van der Waals surface area contributed by atoms with E-state index in [9.17, 15) is 18.0 Å². The Labute approximate surface area is 210 Å². The van der Waals surface area contributed by atoms with Crippen molar-refractivity contribution in [3.63, 3.8) is 0 Å². The predicted octanol–water partition coefficient (Wildman–Crippen LogP) is 4.40. The molecule has 6 rings (SSSR count). The summed E-state index contributed by atoms with van der Waals surface area (Å²) in [5.41, 5.74) is 3.26. The fourth-order valence-corrected chi connectivity index (χ4v) is 6.83. The largest absolute Gasteiger partial charge is 0.467 e. The van der Waals surface area contributed by atoms with Gasteiger partial charge in [0.2, 0.25) is 5.91 Å². The second-order valence-corrected chi connectivity index (χ2v) is 11.2. The second kappa shape index (κ2) is 8.58. The summed E-state index contributed by atoms with van der Waals surface area (Å²) in [6.07, 6.45) is -2.74. The highest BCUT2D eigenvalue weighted by atomic mass is 32.1. The molecule has 1 aromatic carbocycles. The van der Waals surface area contributed by atoms with Crippen molar-refractivity contribution in [1.29, 1.82) is 0 Å². The van der Waals surface area contributed by atoms with Crippen molar-refractivity contribution in [2.75, 3.05) is 43.5 Å². The summed E-state index contributed by atoms with van der Waals surface area (Å²) in [5.74, 6) is 0.700. The van der Waals surface area contributed by atoms with Crippen LogP contribution in [0.3, 0.4) is 0 Å². The van der Waals surface area contributed by atoms with Gasteiger partial charge in [0.1, 0.15) is 10.6 Å². The summed E-state index contributed by atoms with van der Waals surface area (Å²) in [7, 11) is 1.47. The topological polar surface area (TPSA) is 70.6 Å². The Morgan fingerprint density at radius 2 is 2.00 bits per heavy atom. The molecule has 1 unspecified atom stereocenters. The van der Waals surface area contributed by atoms with E-state index >= 15 is 0 Å². The Hall–Kier alpha value is -2.92. The van der Waals surface area contributed by atoms with Crippen molar-refractivity contribution in [1.82, 2.24) is 14.9 Å². The third-order valence-electron chi connectivity index (χ3n) is 7.42. The van der Waals surface area contributed by atoms with Gasteiger partial charge in [0.05, 0.1) is 25.3 Å². The first-order chi connectivity index (χ1) is 17.2. The van der Waals surface area contributed by atoms with E-state index in [1.807, 2.05) is 6.07 Å². The highest BCUT2D eigenvalue weighted by molar-refractivity contribution is 7.18. The van der Waals surface area contributed by atoms with E-state index in [0.29, 0.717) is 22.5 Å². The van der Waals surface area contributed by atoms with Crippen LogP contribution in [0, 0.1) is 5.41 Å². The number of methoxy groups -OCH3 is 1. The number of aromatic nitrogens is 2. The summed E-state index contributed by atoms with van der Waals surface area (Å²) < 4.78 is 44.3. The number of ether oxygens (including phenoxy) is 1. The lowest BCUT2D eigenvalue weighted by atomic mass is 9.86. The molecule has 1 spiro atoms. The number of carbonyl (C=O) groups excluding carboxylic acids is 1. The maximum atomic E-state index is 13.0. The number of amides is 1. The van der Waals surface area contributed by atoms with Gasteiger partial charge in [-0.25, -0.2) is 0 Å². The molecule has 36 heavy (non-hydrogen) atoms. The molecular weight excluding hydrogens is 491 g/mol. The van der Waals surface area contributed by atoms with Gasteiger partial charge < -0.3 is 15.0 Å². The van der Waals surface area contributed by atoms with E-state index in [0.717, 1.165) is 68.2 Å². The van der Waals surface area contributed by atoms with Crippen molar-refractivity contribution in [2.24, 2.45) is 5.41 Å². The van der Waals surface area contributed by atoms with E-state index < -0.39 is 12.6 Å². The minimum atomic E-state index is -4.27. The van der Waals surface area contributed by atoms with E-state index in [2.05, 4.69) is 37.2 Å². The number of carbonyl (C=O) groups is 1. The number of anilines is 2. The lowest BCUT2D eigenvalue weighted by Crippen LogP contribution is -2.31. The number of fused-ring (bicyclic) bond motifs is 2. The van der Waals surface area contributed by atoms with Crippen LogP contribution >= 0.6 is 11.3 Å². The highest BCUT2D eigenvalue weighted by Gasteiger charge is 2.44. The number of nitrogens with zero attached hydrogens (tertiary/aromatic N) is 4. The van der Waals surface area contributed by atoms with Gasteiger partial charge in [0.15, 0.2) is 0 Å². The zero-order valence-electron chi connectivity index (χ0n) is 19.8. The van der Waals surface area contributed by atoms with Crippen molar-refractivity contribution in [3.05, 3.63) is 40.3 Å². The fourth-order valence-electron chi connectivity index (χ4n) is 5.78. The van der Waals surface area contributed by atoms with E-state index in [1.54, 1.807) is 6.07 Å². The van der Waals surface area contributed by atoms with Crippen LogP contribution in [0.15, 0.2) is 24.3 Å². The first kappa shape index (κ1) is 23.5. The van der Waals surface area contributed by atoms with Gasteiger partial charge in [-0.15, -0.1) is 11.3 Å². The standard InChI is InChI=1S/C25H26F3N5O2S/c1-35-23-30-21(18-10-17(11-25(26,27)28)36-22(18)31-23)33-7-5-24(14-33)4-6-32(13-24)12-15-2-3-16-9-20(34)29-19(16)8-15/h2-3,8,10H,4-7,9,11-14H2,1H3,(H,29,34). The van der Waals surface area contributed by atoms with E-state index in [1.165, 1.54) is 12.7 Å². The molecule has 0 bridgehead atoms. The van der Waals surface area contributed by atoms with Crippen molar-refractivity contribution >= 4 is 39.0 Å². The number of rotatable bonds is 5. The summed E-state index contributed by atoms with van der Waals surface area (Å²) in [6.45, 7) is 4.33. The maximum absolute atomic E-state index is 13.0. The molecule has 5 heterocycles. The monoisotopic (exact) mass is 517 g/mol. The van der Waals surface area contributed by atoms with Gasteiger partial charge >= 0.3 is 12.2 Å². The van der Waals surface area contributed by atoms with E-state index in [4.69, 9.17) is 4.74 Å². The molecule has 2 fully saturated rings. The highest BCUT2D eigenvalue weighted by Crippen LogP contribution is 2.44. The van der Waals surface area contributed by atoms with Gasteiger partial charge in [-0.05, 0) is 42.6 Å². The quantitative estimate of drug-likeness (QED) is 0.541. The number of thiophene rings is 1. The average Bonchev–Trinajstić information content (AvgIpc) is 3.58. The molecule has 2 saturated heterocycles. The summed E-state index contributed by atoms with van der Waals surface area (Å²) in [6, 6.07) is 7.97. The average molecular weight is 518 g/mol. The Balaban J connectivity index is 1.19. The molecule has 3 aromatic rings. The Kier molecular flexibility index (Phi) is 5.60. The Morgan fingerprint density at radius 1 is 1.17 bits per heavy atom. The zero-order valence-corrected chi connectivity index (χ0v) is 20.6. The van der Waals surface area contributed by atoms with Crippen LogP contribution in [0.1, 0.15) is 28.8 Å². The molecule has 1 amide bonds. The molecule has 3 aliphatic rings. The van der Waals surface area contributed by atoms with Crippen LogP contribution in [0.4, 0.5) is 24.7 Å². The Morgan fingerprint density at radius 3 is 2.81 bits per heavy atom. The van der Waals surface area contributed by atoms with Crippen LogP contribution in [0.5, 0.6) is 6.01 Å². The molecule has 190 valence electrons. The minimum absolute atomic E-state index is 0.0416. The third kappa shape index (κ3) is 4.50. The molecule has 11 heteroatoms. The lowest BCUT2D eigenvalue weighted by molar-refractivity contribution is -0.126. The van der Waals surface area contributed by atoms with E-state index in [-0.39, 0.29) is 22.2 Å². The zero-order chi connectivity index (χ0) is 25.1. The molecule has 2 aromatic heterocycles. The fraction of sp³-hybridized carbons (Fsp3) is 0.480. The number of halogens is 3. The van der Waals surface area contributed by atoms with Gasteiger partial charge in [0, 0.05) is 42.2 Å². The number of likely N-dealkylation sites (tertiary alicyclic amines) is 1. The second-order valence-electron chi connectivity index (χ2n) is 10.1. The first-order valence-corrected chi connectivity index (χ1v) is 12.8. The van der Waals surface area contributed by atoms with Gasteiger partial charge in [-0.1, -0.05) is 12.1 Å². The van der Waals surface area contributed by atoms with Crippen molar-refractivity contribution in [2.45, 2.75) is 38.4 Å². The molecule has 1 atom stereocenters. The van der Waals surface area contributed by atoms with Gasteiger partial charge in [0.25, 0.3) is 0 Å². The van der Waals surface area contributed by atoms with Crippen molar-refractivity contribution in [3.8, 4) is 6.01 Å². The molecule has 0 saturated carbocycles. The number of hydrogen-bond acceptors (Lipinski definition) is 7. The molecule has 3 aliphatic heterocycles. The van der Waals surface area contributed by atoms with Crippen LogP contribution < -0.4 is 15.0 Å². The summed E-state index contributed by atoms with van der Waals surface area (Å²) in [5, 5.41) is 3.58. The lowest BCUT2D eigenvalue weighted by Gasteiger charge is -2.25. The smallest absolute Gasteiger partial charge is 0.393 e. The first-order valence-electron chi connectivity index (χ1n) is 12.0. The van der Waals surface area contributed by atoms with Crippen molar-refractivity contribution < 1.29 is 22.7 Å². The minimum Gasteiger partial charge on any atom is -0.467 e. The predicted molar refractivity (Wildman–Crippen MR) is 132 cm³/mol. The summed E-state index contributed by atoms with van der Waals surface area (Å²) >= 11 is 1.05. The maximum Gasteiger partial charge on any atom is 0.393 e. The molecule has 1 N–H and O–H groups in total. The number of benzene rings is 1. The molecule has 7 nitrogen and oxygen atoms in total. The number of nitrogens with one attached hydrogen (secondary N) is 1. The Bertz CT molecular complexity index is 1340. The van der Waals surface area contributed by atoms with Gasteiger partial charge in [-0.3, -0.25) is 9.69 Å². The van der Waals surface area contributed by atoms with Crippen LogP contribution in [-0.4, -0.2) is 60.2 Å². The van der Waals surface area contributed by atoms with Crippen LogP contribution in [0.25, 0.3) is 10.2 Å². The van der Waals surface area contributed by atoms with Crippen LogP contribution in [0.2, 0.25) is 0 Å². The molecular formula is C25H26F3N5O2S. The normalized spacial score (nSPS) is 22.1. The molecule has 0 radical (unpaired) electrons. The van der Waals surface area contributed by atoms with Crippen LogP contribution in [-0.2, 0) is 24.2 Å². The third-order valence-corrected chi connectivity index (χ3v) is 8.45. The molecule has 0 aliphatic carbocycles. The summed E-state index contributed by atoms with van der Waals surface area (Å²) in [4.78, 5) is 25.9. The van der Waals surface area contributed by atoms with Gasteiger partial charge in [-0.2, -0.15) is 23.1 Å².